The van der Waals surface area contributed by atoms with Crippen LogP contribution in [0.15, 0.2) is 30.3 Å². The second-order valence-corrected chi connectivity index (χ2v) is 3.49. The highest BCUT2D eigenvalue weighted by Crippen LogP contribution is 2.29. The van der Waals surface area contributed by atoms with E-state index in [1.807, 2.05) is 0 Å². The first-order chi connectivity index (χ1) is 5.45. The summed E-state index contributed by atoms with van der Waals surface area (Å²) in [6, 6.07) is 10.8. The summed E-state index contributed by atoms with van der Waals surface area (Å²) in [5.41, 5.74) is 1.51. The summed E-state index contributed by atoms with van der Waals surface area (Å²) in [6.07, 6.45) is 5.67. The van der Waals surface area contributed by atoms with Gasteiger partial charge in [0.1, 0.15) is 0 Å². The van der Waals surface area contributed by atoms with Crippen LogP contribution in [0.2, 0.25) is 0 Å². The van der Waals surface area contributed by atoms with Gasteiger partial charge in [-0.1, -0.05) is 49.6 Å². The maximum Gasteiger partial charge on any atom is -0.0250 e. The molecule has 0 heterocycles. The molecule has 0 spiro atoms. The van der Waals surface area contributed by atoms with Gasteiger partial charge in [0.25, 0.3) is 0 Å². The Hall–Kier alpha value is -0.490. The van der Waals surface area contributed by atoms with Gasteiger partial charge in [-0.05, 0) is 17.9 Å². The maximum atomic E-state index is 2.23. The third-order valence-corrected chi connectivity index (χ3v) is 2.59. The van der Waals surface area contributed by atoms with E-state index in [1.165, 1.54) is 31.2 Å². The molecule has 0 saturated heterocycles. The van der Waals surface area contributed by atoms with Gasteiger partial charge >= 0.3 is 0 Å². The van der Waals surface area contributed by atoms with Crippen molar-refractivity contribution in [2.45, 2.75) is 25.7 Å². The molecule has 1 saturated carbocycles. The zero-order valence-corrected chi connectivity index (χ0v) is 8.02. The Balaban J connectivity index is 0.000000720. The van der Waals surface area contributed by atoms with Crippen LogP contribution in [-0.2, 0) is 6.42 Å². The molecule has 0 bridgehead atoms. The molecule has 0 amide bonds. The molecule has 66 valence electrons. The molecular weight excluding hydrogens is 168 g/mol. The largest absolute Gasteiger partial charge is 0.147 e. The Bertz CT molecular complexity index is 214. The van der Waals surface area contributed by atoms with Crippen LogP contribution in [0.5, 0.6) is 0 Å². The summed E-state index contributed by atoms with van der Waals surface area (Å²) >= 11 is 0. The molecule has 0 nitrogen and oxygen atoms in total. The average molecular weight is 183 g/mol. The van der Waals surface area contributed by atoms with E-state index < -0.39 is 0 Å². The summed E-state index contributed by atoms with van der Waals surface area (Å²) in [6.45, 7) is 0. The van der Waals surface area contributed by atoms with Gasteiger partial charge in [0.2, 0.25) is 0 Å². The molecule has 1 fully saturated rings. The van der Waals surface area contributed by atoms with Crippen molar-refractivity contribution in [1.29, 1.82) is 0 Å². The van der Waals surface area contributed by atoms with Gasteiger partial charge < -0.3 is 0 Å². The molecule has 0 atom stereocenters. The smallest absolute Gasteiger partial charge is 0.0250 e. The lowest BCUT2D eigenvalue weighted by molar-refractivity contribution is 0.314. The molecular formula is C11H15Cl. The van der Waals surface area contributed by atoms with Crippen molar-refractivity contribution in [2.75, 3.05) is 0 Å². The van der Waals surface area contributed by atoms with Crippen molar-refractivity contribution < 1.29 is 0 Å². The Morgan fingerprint density at radius 2 is 1.75 bits per heavy atom. The van der Waals surface area contributed by atoms with Crippen LogP contribution in [0.25, 0.3) is 0 Å². The number of hydrogen-bond acceptors (Lipinski definition) is 0. The number of hydrogen-bond donors (Lipinski definition) is 0. The van der Waals surface area contributed by atoms with Crippen molar-refractivity contribution in [3.8, 4) is 0 Å². The van der Waals surface area contributed by atoms with Gasteiger partial charge in [-0.2, -0.15) is 0 Å². The van der Waals surface area contributed by atoms with E-state index in [-0.39, 0.29) is 12.4 Å². The number of rotatable bonds is 2. The van der Waals surface area contributed by atoms with Crippen molar-refractivity contribution >= 4 is 12.4 Å². The van der Waals surface area contributed by atoms with Gasteiger partial charge in [-0.15, -0.1) is 12.4 Å². The zero-order chi connectivity index (χ0) is 7.52. The van der Waals surface area contributed by atoms with Crippen LogP contribution in [0.3, 0.4) is 0 Å². The molecule has 0 radical (unpaired) electrons. The second kappa shape index (κ2) is 4.51. The van der Waals surface area contributed by atoms with Crippen LogP contribution in [0.1, 0.15) is 24.8 Å². The van der Waals surface area contributed by atoms with Crippen molar-refractivity contribution in [1.82, 2.24) is 0 Å². The Morgan fingerprint density at radius 3 is 2.25 bits per heavy atom. The molecule has 1 aromatic rings. The fraction of sp³-hybridized carbons (Fsp3) is 0.455. The van der Waals surface area contributed by atoms with Gasteiger partial charge in [-0.3, -0.25) is 0 Å². The maximum absolute atomic E-state index is 2.23. The summed E-state index contributed by atoms with van der Waals surface area (Å²) in [5, 5.41) is 0. The third kappa shape index (κ3) is 2.25. The van der Waals surface area contributed by atoms with Gasteiger partial charge in [0, 0.05) is 0 Å². The van der Waals surface area contributed by atoms with E-state index in [1.54, 1.807) is 0 Å². The van der Waals surface area contributed by atoms with Crippen LogP contribution >= 0.6 is 12.4 Å². The first-order valence-corrected chi connectivity index (χ1v) is 4.49. The van der Waals surface area contributed by atoms with Crippen LogP contribution in [0.4, 0.5) is 0 Å². The van der Waals surface area contributed by atoms with Crippen molar-refractivity contribution in [2.24, 2.45) is 5.92 Å². The quantitative estimate of drug-likeness (QED) is 0.658. The first-order valence-electron chi connectivity index (χ1n) is 4.49. The molecule has 0 N–H and O–H groups in total. The fourth-order valence-electron chi connectivity index (χ4n) is 1.64. The summed E-state index contributed by atoms with van der Waals surface area (Å²) < 4.78 is 0. The lowest BCUT2D eigenvalue weighted by Gasteiger charge is -2.25. The highest BCUT2D eigenvalue weighted by atomic mass is 35.5. The summed E-state index contributed by atoms with van der Waals surface area (Å²) in [5.74, 6) is 0.998. The predicted molar refractivity (Wildman–Crippen MR) is 54.7 cm³/mol. The molecule has 1 aliphatic rings. The van der Waals surface area contributed by atoms with E-state index in [4.69, 9.17) is 0 Å². The molecule has 1 heteroatoms. The highest BCUT2D eigenvalue weighted by molar-refractivity contribution is 5.85. The van der Waals surface area contributed by atoms with Gasteiger partial charge in [0.15, 0.2) is 0 Å². The Labute approximate surface area is 80.4 Å². The third-order valence-electron chi connectivity index (χ3n) is 2.59. The molecule has 2 rings (SSSR count). The molecule has 0 aromatic heterocycles. The predicted octanol–water partition coefficient (Wildman–Crippen LogP) is 3.45. The first kappa shape index (κ1) is 9.60. The monoisotopic (exact) mass is 182 g/mol. The van der Waals surface area contributed by atoms with E-state index in [0.29, 0.717) is 0 Å². The van der Waals surface area contributed by atoms with E-state index in [2.05, 4.69) is 30.3 Å². The van der Waals surface area contributed by atoms with Crippen LogP contribution < -0.4 is 0 Å². The lowest BCUT2D eigenvalue weighted by Crippen LogP contribution is -2.13. The number of benzene rings is 1. The van der Waals surface area contributed by atoms with Crippen LogP contribution in [-0.4, -0.2) is 0 Å². The highest BCUT2D eigenvalue weighted by Gasteiger charge is 2.16. The minimum Gasteiger partial charge on any atom is -0.147 e. The number of halogens is 1. The molecule has 0 unspecified atom stereocenters. The molecule has 0 aliphatic heterocycles. The molecule has 1 aliphatic carbocycles. The topological polar surface area (TPSA) is 0 Å². The minimum absolute atomic E-state index is 0. The fourth-order valence-corrected chi connectivity index (χ4v) is 1.64. The second-order valence-electron chi connectivity index (χ2n) is 3.49. The average Bonchev–Trinajstić information content (AvgIpc) is 1.99. The SMILES string of the molecule is Cl.c1ccc(CC2CCC2)cc1. The summed E-state index contributed by atoms with van der Waals surface area (Å²) in [7, 11) is 0. The Morgan fingerprint density at radius 1 is 1.08 bits per heavy atom. The van der Waals surface area contributed by atoms with Gasteiger partial charge in [-0.25, -0.2) is 0 Å². The molecule has 12 heavy (non-hydrogen) atoms. The summed E-state index contributed by atoms with van der Waals surface area (Å²) in [4.78, 5) is 0. The standard InChI is InChI=1S/C11H14.ClH/c1-2-5-10(6-3-1)9-11-7-4-8-11;/h1-3,5-6,11H,4,7-9H2;1H. The zero-order valence-electron chi connectivity index (χ0n) is 7.20. The minimum atomic E-state index is 0. The van der Waals surface area contributed by atoms with E-state index in [0.717, 1.165) is 5.92 Å². The Kier molecular flexibility index (Phi) is 3.61. The van der Waals surface area contributed by atoms with Gasteiger partial charge in [0.05, 0.1) is 0 Å². The van der Waals surface area contributed by atoms with Crippen molar-refractivity contribution in [3.05, 3.63) is 35.9 Å². The lowest BCUT2D eigenvalue weighted by atomic mass is 9.81. The normalized spacial score (nSPS) is 16.3. The molecule has 1 aromatic carbocycles. The van der Waals surface area contributed by atoms with E-state index >= 15 is 0 Å². The van der Waals surface area contributed by atoms with Crippen LogP contribution in [0, 0.1) is 5.92 Å². The van der Waals surface area contributed by atoms with E-state index in [9.17, 15) is 0 Å². The van der Waals surface area contributed by atoms with Crippen molar-refractivity contribution in [3.63, 3.8) is 0 Å².